The topological polar surface area (TPSA) is 0 Å². The van der Waals surface area contributed by atoms with E-state index in [1.54, 1.807) is 0 Å². The zero-order chi connectivity index (χ0) is 6.85. The van der Waals surface area contributed by atoms with Crippen molar-refractivity contribution in [3.8, 4) is 0 Å². The van der Waals surface area contributed by atoms with Crippen LogP contribution in [0.4, 0.5) is 0 Å². The van der Waals surface area contributed by atoms with E-state index in [2.05, 4.69) is 20.8 Å². The molecule has 9 heavy (non-hydrogen) atoms. The van der Waals surface area contributed by atoms with Gasteiger partial charge in [0.2, 0.25) is 0 Å². The van der Waals surface area contributed by atoms with Gasteiger partial charge in [-0.15, -0.1) is 0 Å². The second-order valence-electron chi connectivity index (χ2n) is 3.74. The summed E-state index contributed by atoms with van der Waals surface area (Å²) in [6.45, 7) is 7.18. The highest BCUT2D eigenvalue weighted by Gasteiger charge is 2.22. The van der Waals surface area contributed by atoms with Gasteiger partial charge in [-0.2, -0.15) is 0 Å². The third-order valence-electron chi connectivity index (χ3n) is 3.11. The molecule has 0 aliphatic heterocycles. The lowest BCUT2D eigenvalue weighted by atomic mass is 9.75. The second-order valence-corrected chi connectivity index (χ2v) is 3.74. The lowest BCUT2D eigenvalue weighted by Gasteiger charge is -2.31. The van der Waals surface area contributed by atoms with Crippen molar-refractivity contribution >= 4 is 0 Å². The highest BCUT2D eigenvalue weighted by Crippen LogP contribution is 2.33. The molecule has 1 rings (SSSR count). The standard InChI is InChI=1S/C9H18/c1-7-5-4-6-8(2)9(7)3/h7-9H,4-6H2,1-3H3/t7-,8-/m0/s1. The summed E-state index contributed by atoms with van der Waals surface area (Å²) in [6.07, 6.45) is 4.39. The minimum Gasteiger partial charge on any atom is -0.0622 e. The van der Waals surface area contributed by atoms with E-state index in [1.165, 1.54) is 19.3 Å². The van der Waals surface area contributed by atoms with E-state index in [4.69, 9.17) is 0 Å². The summed E-state index contributed by atoms with van der Waals surface area (Å²) in [4.78, 5) is 0. The molecule has 0 unspecified atom stereocenters. The van der Waals surface area contributed by atoms with E-state index in [-0.39, 0.29) is 0 Å². The van der Waals surface area contributed by atoms with Crippen molar-refractivity contribution in [3.05, 3.63) is 0 Å². The molecule has 0 heterocycles. The maximum atomic E-state index is 2.40. The van der Waals surface area contributed by atoms with Gasteiger partial charge >= 0.3 is 0 Å². The molecule has 0 spiro atoms. The molecule has 0 aromatic rings. The molecule has 2 atom stereocenters. The van der Waals surface area contributed by atoms with E-state index in [9.17, 15) is 0 Å². The molecular formula is C9H18. The molecule has 0 aromatic carbocycles. The average molecular weight is 126 g/mol. The molecular weight excluding hydrogens is 108 g/mol. The Hall–Kier alpha value is 0. The van der Waals surface area contributed by atoms with Gasteiger partial charge in [-0.1, -0.05) is 40.0 Å². The fourth-order valence-corrected chi connectivity index (χ4v) is 1.85. The highest BCUT2D eigenvalue weighted by atomic mass is 14.3. The smallest absolute Gasteiger partial charge is 0.0391 e. The molecule has 0 aromatic heterocycles. The number of hydrogen-bond donors (Lipinski definition) is 0. The van der Waals surface area contributed by atoms with Gasteiger partial charge in [0, 0.05) is 0 Å². The van der Waals surface area contributed by atoms with Gasteiger partial charge in [-0.3, -0.25) is 0 Å². The van der Waals surface area contributed by atoms with Crippen LogP contribution in [0.3, 0.4) is 0 Å². The van der Waals surface area contributed by atoms with Gasteiger partial charge in [0.25, 0.3) is 0 Å². The molecule has 0 nitrogen and oxygen atoms in total. The lowest BCUT2D eigenvalue weighted by molar-refractivity contribution is 0.197. The first-order chi connectivity index (χ1) is 4.22. The Morgan fingerprint density at radius 3 is 1.67 bits per heavy atom. The summed E-state index contributed by atoms with van der Waals surface area (Å²) in [5.74, 6) is 2.93. The number of hydrogen-bond acceptors (Lipinski definition) is 0. The summed E-state index contributed by atoms with van der Waals surface area (Å²) < 4.78 is 0. The molecule has 1 saturated carbocycles. The van der Waals surface area contributed by atoms with Crippen molar-refractivity contribution in [2.24, 2.45) is 17.8 Å². The van der Waals surface area contributed by atoms with Crippen molar-refractivity contribution in [2.75, 3.05) is 0 Å². The first-order valence-corrected chi connectivity index (χ1v) is 4.22. The maximum absolute atomic E-state index is 2.40. The summed E-state index contributed by atoms with van der Waals surface area (Å²) in [6, 6.07) is 0. The normalized spacial score (nSPS) is 39.0. The monoisotopic (exact) mass is 126 g/mol. The highest BCUT2D eigenvalue weighted by molar-refractivity contribution is 4.73. The average Bonchev–Trinajstić information content (AvgIpc) is 1.83. The first-order valence-electron chi connectivity index (χ1n) is 4.22. The lowest BCUT2D eigenvalue weighted by Crippen LogP contribution is -2.21. The quantitative estimate of drug-likeness (QED) is 0.468. The van der Waals surface area contributed by atoms with Crippen LogP contribution in [0, 0.1) is 17.8 Å². The van der Waals surface area contributed by atoms with E-state index in [0.717, 1.165) is 17.8 Å². The van der Waals surface area contributed by atoms with Gasteiger partial charge in [0.05, 0.1) is 0 Å². The van der Waals surface area contributed by atoms with Crippen LogP contribution in [0.2, 0.25) is 0 Å². The molecule has 0 amide bonds. The van der Waals surface area contributed by atoms with Crippen LogP contribution in [-0.2, 0) is 0 Å². The zero-order valence-corrected chi connectivity index (χ0v) is 6.85. The van der Waals surface area contributed by atoms with Crippen LogP contribution >= 0.6 is 0 Å². The third kappa shape index (κ3) is 1.47. The molecule has 1 aliphatic rings. The Balaban J connectivity index is 2.41. The summed E-state index contributed by atoms with van der Waals surface area (Å²) in [5.41, 5.74) is 0. The number of rotatable bonds is 0. The van der Waals surface area contributed by atoms with Gasteiger partial charge in [0.1, 0.15) is 0 Å². The molecule has 54 valence electrons. The first kappa shape index (κ1) is 7.11. The largest absolute Gasteiger partial charge is 0.0622 e. The SMILES string of the molecule is CC1[C@@H](C)CCC[C@@H]1C. The Labute approximate surface area is 58.7 Å². The molecule has 0 N–H and O–H groups in total. The molecule has 1 fully saturated rings. The van der Waals surface area contributed by atoms with E-state index in [1.807, 2.05) is 0 Å². The van der Waals surface area contributed by atoms with Crippen molar-refractivity contribution in [1.82, 2.24) is 0 Å². The van der Waals surface area contributed by atoms with E-state index < -0.39 is 0 Å². The summed E-state index contributed by atoms with van der Waals surface area (Å²) in [5, 5.41) is 0. The van der Waals surface area contributed by atoms with Crippen molar-refractivity contribution < 1.29 is 0 Å². The predicted octanol–water partition coefficient (Wildman–Crippen LogP) is 3.08. The molecule has 0 radical (unpaired) electrons. The van der Waals surface area contributed by atoms with Crippen LogP contribution in [0.25, 0.3) is 0 Å². The van der Waals surface area contributed by atoms with Crippen LogP contribution in [-0.4, -0.2) is 0 Å². The Bertz CT molecular complexity index is 76.0. The summed E-state index contributed by atoms with van der Waals surface area (Å²) >= 11 is 0. The van der Waals surface area contributed by atoms with Gasteiger partial charge < -0.3 is 0 Å². The molecule has 1 aliphatic carbocycles. The van der Waals surface area contributed by atoms with Crippen LogP contribution in [0.1, 0.15) is 40.0 Å². The Kier molecular flexibility index (Phi) is 2.15. The van der Waals surface area contributed by atoms with Crippen LogP contribution in [0.5, 0.6) is 0 Å². The van der Waals surface area contributed by atoms with Crippen LogP contribution < -0.4 is 0 Å². The minimum atomic E-state index is 0.971. The van der Waals surface area contributed by atoms with Crippen molar-refractivity contribution in [2.45, 2.75) is 40.0 Å². The van der Waals surface area contributed by atoms with Crippen LogP contribution in [0.15, 0.2) is 0 Å². The van der Waals surface area contributed by atoms with Crippen molar-refractivity contribution in [1.29, 1.82) is 0 Å². The predicted molar refractivity (Wildman–Crippen MR) is 41.3 cm³/mol. The molecule has 0 heteroatoms. The second kappa shape index (κ2) is 2.72. The van der Waals surface area contributed by atoms with Gasteiger partial charge in [-0.25, -0.2) is 0 Å². The zero-order valence-electron chi connectivity index (χ0n) is 6.85. The van der Waals surface area contributed by atoms with Gasteiger partial charge in [0.15, 0.2) is 0 Å². The van der Waals surface area contributed by atoms with E-state index >= 15 is 0 Å². The summed E-state index contributed by atoms with van der Waals surface area (Å²) in [7, 11) is 0. The van der Waals surface area contributed by atoms with Crippen molar-refractivity contribution in [3.63, 3.8) is 0 Å². The van der Waals surface area contributed by atoms with E-state index in [0.29, 0.717) is 0 Å². The fraction of sp³-hybridized carbons (Fsp3) is 1.00. The maximum Gasteiger partial charge on any atom is -0.0391 e. The van der Waals surface area contributed by atoms with Gasteiger partial charge in [-0.05, 0) is 17.8 Å². The molecule has 0 saturated heterocycles. The molecule has 0 bridgehead atoms. The fourth-order valence-electron chi connectivity index (χ4n) is 1.85. The Morgan fingerprint density at radius 1 is 0.889 bits per heavy atom. The Morgan fingerprint density at radius 2 is 1.33 bits per heavy atom. The third-order valence-corrected chi connectivity index (χ3v) is 3.11. The minimum absolute atomic E-state index is 0.971.